The Morgan fingerprint density at radius 1 is 1.36 bits per heavy atom. The molecule has 6 N–H and O–H groups in total. The molecule has 0 fully saturated rings. The molecule has 3 rings (SSSR count). The first-order valence-corrected chi connectivity index (χ1v) is 8.03. The van der Waals surface area contributed by atoms with Crippen LogP contribution in [0, 0.1) is 0 Å². The van der Waals surface area contributed by atoms with E-state index < -0.39 is 11.9 Å². The summed E-state index contributed by atoms with van der Waals surface area (Å²) in [5, 5.41) is 26.4. The molecule has 132 valence electrons. The lowest BCUT2D eigenvalue weighted by molar-refractivity contribution is 0.0917. The number of nitrogens with zero attached hydrogens (tertiary/aromatic N) is 2. The van der Waals surface area contributed by atoms with E-state index in [2.05, 4.69) is 15.4 Å². The van der Waals surface area contributed by atoms with E-state index in [0.717, 1.165) is 16.5 Å². The number of nitrogen functional groups attached to an aromatic ring is 1. The van der Waals surface area contributed by atoms with Gasteiger partial charge in [-0.2, -0.15) is 5.10 Å². The number of nitrogens with two attached hydrogens (primary N) is 1. The van der Waals surface area contributed by atoms with Crippen LogP contribution in [0.2, 0.25) is 0 Å². The molecule has 1 amide bonds. The first-order valence-electron chi connectivity index (χ1n) is 8.03. The van der Waals surface area contributed by atoms with E-state index in [0.29, 0.717) is 6.42 Å². The molecule has 2 heterocycles. The molecule has 0 saturated heterocycles. The van der Waals surface area contributed by atoms with Crippen molar-refractivity contribution < 1.29 is 15.0 Å². The van der Waals surface area contributed by atoms with Crippen LogP contribution in [0.15, 0.2) is 36.7 Å². The van der Waals surface area contributed by atoms with Crippen molar-refractivity contribution in [2.24, 2.45) is 0 Å². The Hall–Kier alpha value is -2.84. The number of carbonyl (C=O) groups excluding carboxylic acids is 1. The second-order valence-corrected chi connectivity index (χ2v) is 5.81. The van der Waals surface area contributed by atoms with Gasteiger partial charge in [-0.3, -0.25) is 4.79 Å². The highest BCUT2D eigenvalue weighted by atomic mass is 16.3. The lowest BCUT2D eigenvalue weighted by atomic mass is 10.1. The lowest BCUT2D eigenvalue weighted by Gasteiger charge is -2.16. The van der Waals surface area contributed by atoms with Crippen LogP contribution in [-0.4, -0.2) is 50.1 Å². The smallest absolute Gasteiger partial charge is 0.256 e. The van der Waals surface area contributed by atoms with Gasteiger partial charge in [-0.05, 0) is 18.1 Å². The molecule has 0 aliphatic carbocycles. The van der Waals surface area contributed by atoms with Crippen LogP contribution in [0.5, 0.6) is 0 Å². The molecule has 2 aromatic heterocycles. The number of H-pyrrole nitrogens is 1. The first-order chi connectivity index (χ1) is 12.1. The fourth-order valence-corrected chi connectivity index (χ4v) is 2.83. The Labute approximate surface area is 144 Å². The number of aromatic amines is 1. The van der Waals surface area contributed by atoms with Crippen LogP contribution < -0.4 is 11.1 Å². The first kappa shape index (κ1) is 17.0. The minimum absolute atomic E-state index is 0.118. The topological polar surface area (TPSA) is 129 Å². The second-order valence-electron chi connectivity index (χ2n) is 5.81. The maximum absolute atomic E-state index is 12.4. The van der Waals surface area contributed by atoms with Gasteiger partial charge in [0.15, 0.2) is 0 Å². The number of anilines is 1. The molecule has 1 aromatic carbocycles. The standard InChI is InChI=1S/C17H21N5O3/c18-16-14(9-20-22(16)5-6-23)17(25)21-12(10-24)7-11-8-19-15-4-2-1-3-13(11)15/h1-4,8-9,12,19,23-24H,5-7,10,18H2,(H,21,25). The SMILES string of the molecule is Nc1c(C(=O)NC(CO)Cc2c[nH]c3ccccc23)cnn1CCO. The van der Waals surface area contributed by atoms with Crippen molar-refractivity contribution in [3.8, 4) is 0 Å². The summed E-state index contributed by atoms with van der Waals surface area (Å²) in [6.07, 6.45) is 3.73. The molecule has 25 heavy (non-hydrogen) atoms. The van der Waals surface area contributed by atoms with E-state index in [9.17, 15) is 9.90 Å². The lowest BCUT2D eigenvalue weighted by Crippen LogP contribution is -2.39. The number of nitrogens with one attached hydrogen (secondary N) is 2. The van der Waals surface area contributed by atoms with E-state index >= 15 is 0 Å². The number of amides is 1. The van der Waals surface area contributed by atoms with Crippen molar-refractivity contribution in [3.63, 3.8) is 0 Å². The van der Waals surface area contributed by atoms with Gasteiger partial charge in [0.05, 0.1) is 32.0 Å². The van der Waals surface area contributed by atoms with Crippen molar-refractivity contribution in [3.05, 3.63) is 47.8 Å². The highest BCUT2D eigenvalue weighted by Crippen LogP contribution is 2.19. The highest BCUT2D eigenvalue weighted by Gasteiger charge is 2.19. The maximum Gasteiger partial charge on any atom is 0.256 e. The van der Waals surface area contributed by atoms with Gasteiger partial charge in [0, 0.05) is 17.1 Å². The average Bonchev–Trinajstić information content (AvgIpc) is 3.19. The number of aromatic nitrogens is 3. The molecule has 0 aliphatic rings. The van der Waals surface area contributed by atoms with Crippen molar-refractivity contribution >= 4 is 22.6 Å². The zero-order valence-electron chi connectivity index (χ0n) is 13.6. The molecule has 0 spiro atoms. The zero-order valence-corrected chi connectivity index (χ0v) is 13.6. The fourth-order valence-electron chi connectivity index (χ4n) is 2.83. The molecule has 0 saturated carbocycles. The predicted molar refractivity (Wildman–Crippen MR) is 94.1 cm³/mol. The molecule has 8 nitrogen and oxygen atoms in total. The molecule has 1 atom stereocenters. The summed E-state index contributed by atoms with van der Waals surface area (Å²) >= 11 is 0. The molecule has 0 aliphatic heterocycles. The zero-order chi connectivity index (χ0) is 17.8. The third kappa shape index (κ3) is 3.49. The Kier molecular flexibility index (Phi) is 5.01. The Bertz CT molecular complexity index is 870. The highest BCUT2D eigenvalue weighted by molar-refractivity contribution is 5.98. The van der Waals surface area contributed by atoms with E-state index in [1.165, 1.54) is 10.9 Å². The van der Waals surface area contributed by atoms with Gasteiger partial charge in [-0.25, -0.2) is 4.68 Å². The van der Waals surface area contributed by atoms with Gasteiger partial charge in [0.2, 0.25) is 0 Å². The summed E-state index contributed by atoms with van der Waals surface area (Å²) in [6.45, 7) is -0.0966. The predicted octanol–water partition coefficient (Wildman–Crippen LogP) is 0.272. The van der Waals surface area contributed by atoms with Crippen LogP contribution >= 0.6 is 0 Å². The van der Waals surface area contributed by atoms with Crippen molar-refractivity contribution in [1.82, 2.24) is 20.1 Å². The quantitative estimate of drug-likeness (QED) is 0.420. The number of para-hydroxylation sites is 1. The molecule has 3 aromatic rings. The largest absolute Gasteiger partial charge is 0.394 e. The number of hydrogen-bond acceptors (Lipinski definition) is 5. The summed E-state index contributed by atoms with van der Waals surface area (Å²) < 4.78 is 1.36. The van der Waals surface area contributed by atoms with Crippen LogP contribution in [-0.2, 0) is 13.0 Å². The Balaban J connectivity index is 1.72. The minimum Gasteiger partial charge on any atom is -0.394 e. The number of hydrogen-bond donors (Lipinski definition) is 5. The molecule has 0 bridgehead atoms. The van der Waals surface area contributed by atoms with Gasteiger partial charge < -0.3 is 26.2 Å². The molecular formula is C17H21N5O3. The summed E-state index contributed by atoms with van der Waals surface area (Å²) in [6, 6.07) is 7.41. The summed E-state index contributed by atoms with van der Waals surface area (Å²) in [4.78, 5) is 15.6. The Morgan fingerprint density at radius 2 is 2.16 bits per heavy atom. The summed E-state index contributed by atoms with van der Waals surface area (Å²) in [5.41, 5.74) is 8.13. The van der Waals surface area contributed by atoms with Gasteiger partial charge in [0.1, 0.15) is 11.4 Å². The van der Waals surface area contributed by atoms with Crippen LogP contribution in [0.3, 0.4) is 0 Å². The average molecular weight is 343 g/mol. The number of carbonyl (C=O) groups is 1. The van der Waals surface area contributed by atoms with E-state index in [-0.39, 0.29) is 31.1 Å². The normalized spacial score (nSPS) is 12.4. The van der Waals surface area contributed by atoms with Gasteiger partial charge in [0.25, 0.3) is 5.91 Å². The molecule has 1 unspecified atom stereocenters. The third-order valence-electron chi connectivity index (χ3n) is 4.13. The Morgan fingerprint density at radius 3 is 2.92 bits per heavy atom. The van der Waals surface area contributed by atoms with E-state index in [1.807, 2.05) is 30.5 Å². The van der Waals surface area contributed by atoms with E-state index in [1.54, 1.807) is 0 Å². The number of aliphatic hydroxyl groups excluding tert-OH is 2. The molecule has 0 radical (unpaired) electrons. The van der Waals surface area contributed by atoms with Crippen molar-refractivity contribution in [1.29, 1.82) is 0 Å². The van der Waals surface area contributed by atoms with Crippen molar-refractivity contribution in [2.45, 2.75) is 19.0 Å². The minimum atomic E-state index is -0.452. The van der Waals surface area contributed by atoms with Crippen molar-refractivity contribution in [2.75, 3.05) is 18.9 Å². The van der Waals surface area contributed by atoms with Gasteiger partial charge >= 0.3 is 0 Å². The van der Waals surface area contributed by atoms with E-state index in [4.69, 9.17) is 10.8 Å². The number of benzene rings is 1. The monoisotopic (exact) mass is 343 g/mol. The fraction of sp³-hybridized carbons (Fsp3) is 0.294. The molecule has 8 heteroatoms. The summed E-state index contributed by atoms with van der Waals surface area (Å²) in [5.74, 6) is -0.212. The number of fused-ring (bicyclic) bond motifs is 1. The van der Waals surface area contributed by atoms with Crippen LogP contribution in [0.4, 0.5) is 5.82 Å². The molecular weight excluding hydrogens is 322 g/mol. The van der Waals surface area contributed by atoms with Crippen LogP contribution in [0.1, 0.15) is 15.9 Å². The third-order valence-corrected chi connectivity index (χ3v) is 4.13. The number of rotatable bonds is 7. The van der Waals surface area contributed by atoms with Crippen LogP contribution in [0.25, 0.3) is 10.9 Å². The van der Waals surface area contributed by atoms with Gasteiger partial charge in [-0.1, -0.05) is 18.2 Å². The van der Waals surface area contributed by atoms with Gasteiger partial charge in [-0.15, -0.1) is 0 Å². The maximum atomic E-state index is 12.4. The number of aliphatic hydroxyl groups is 2. The second kappa shape index (κ2) is 7.37. The summed E-state index contributed by atoms with van der Waals surface area (Å²) in [7, 11) is 0.